The smallest absolute Gasteiger partial charge is 0.286 e. The highest BCUT2D eigenvalue weighted by atomic mass is 32.2. The first-order chi connectivity index (χ1) is 13.1. The van der Waals surface area contributed by atoms with E-state index in [-0.39, 0.29) is 4.90 Å². The van der Waals surface area contributed by atoms with Crippen LogP contribution in [0.15, 0.2) is 33.6 Å². The number of hydrogen-bond donors (Lipinski definition) is 1. The summed E-state index contributed by atoms with van der Waals surface area (Å²) in [6, 6.07) is 7.00. The number of piperidine rings is 1. The third-order valence-electron chi connectivity index (χ3n) is 5.87. The molecule has 0 amide bonds. The van der Waals surface area contributed by atoms with E-state index in [0.29, 0.717) is 24.0 Å². The average molecular weight is 391 g/mol. The van der Waals surface area contributed by atoms with Gasteiger partial charge in [0.2, 0.25) is 0 Å². The molecular weight excluding hydrogens is 360 g/mol. The van der Waals surface area contributed by atoms with Crippen molar-refractivity contribution in [3.63, 3.8) is 0 Å². The molecular formula is C20H30N4O2S. The Labute approximate surface area is 162 Å². The molecule has 2 fully saturated rings. The minimum atomic E-state index is -3.59. The molecule has 3 aliphatic heterocycles. The maximum absolute atomic E-state index is 12.4. The molecule has 2 saturated heterocycles. The second kappa shape index (κ2) is 8.29. The molecule has 3 aliphatic rings. The van der Waals surface area contributed by atoms with Crippen LogP contribution in [-0.4, -0.2) is 63.3 Å². The van der Waals surface area contributed by atoms with Crippen LogP contribution >= 0.6 is 0 Å². The molecule has 0 unspecified atom stereocenters. The summed E-state index contributed by atoms with van der Waals surface area (Å²) in [5.74, 6) is 1.22. The number of rotatable bonds is 4. The Bertz CT molecular complexity index is 785. The molecule has 148 valence electrons. The van der Waals surface area contributed by atoms with E-state index in [1.54, 1.807) is 18.2 Å². The van der Waals surface area contributed by atoms with E-state index in [1.165, 1.54) is 58.2 Å². The average Bonchev–Trinajstić information content (AvgIpc) is 2.90. The number of benzene rings is 1. The van der Waals surface area contributed by atoms with Crippen molar-refractivity contribution in [3.05, 3.63) is 24.3 Å². The van der Waals surface area contributed by atoms with Crippen molar-refractivity contribution in [2.45, 2.75) is 43.4 Å². The van der Waals surface area contributed by atoms with Crippen molar-refractivity contribution in [1.82, 2.24) is 9.80 Å². The predicted octanol–water partition coefficient (Wildman–Crippen LogP) is 2.79. The zero-order valence-corrected chi connectivity index (χ0v) is 16.8. The van der Waals surface area contributed by atoms with Crippen molar-refractivity contribution in [1.29, 1.82) is 0 Å². The fraction of sp³-hybridized carbons (Fsp3) is 0.650. The van der Waals surface area contributed by atoms with Gasteiger partial charge in [-0.1, -0.05) is 25.0 Å². The van der Waals surface area contributed by atoms with Crippen LogP contribution in [0.3, 0.4) is 0 Å². The summed E-state index contributed by atoms with van der Waals surface area (Å²) in [7, 11) is -3.59. The standard InChI is InChI=1S/C20H30N4O2S/c25-27(26)19-10-4-3-9-18(19)21-20(22-27)16-24-13-7-8-17(15-24)14-23-11-5-1-2-6-12-23/h3-4,9-10,17H,1-2,5-8,11-16H2,(H,21,22)/t17-/m1/s1. The molecule has 0 aromatic heterocycles. The summed E-state index contributed by atoms with van der Waals surface area (Å²) >= 11 is 0. The lowest BCUT2D eigenvalue weighted by Crippen LogP contribution is -2.44. The van der Waals surface area contributed by atoms with Gasteiger partial charge in [0, 0.05) is 13.1 Å². The molecule has 7 heteroatoms. The lowest BCUT2D eigenvalue weighted by atomic mass is 9.97. The van der Waals surface area contributed by atoms with E-state index in [1.807, 2.05) is 6.07 Å². The molecule has 1 atom stereocenters. The summed E-state index contributed by atoms with van der Waals surface area (Å²) < 4.78 is 28.9. The van der Waals surface area contributed by atoms with Crippen molar-refractivity contribution in [3.8, 4) is 0 Å². The monoisotopic (exact) mass is 390 g/mol. The van der Waals surface area contributed by atoms with Crippen LogP contribution in [0.1, 0.15) is 38.5 Å². The number of nitrogens with zero attached hydrogens (tertiary/aromatic N) is 3. The topological polar surface area (TPSA) is 65.0 Å². The molecule has 1 aromatic carbocycles. The predicted molar refractivity (Wildman–Crippen MR) is 109 cm³/mol. The van der Waals surface area contributed by atoms with Crippen LogP contribution in [0.25, 0.3) is 0 Å². The molecule has 0 saturated carbocycles. The third kappa shape index (κ3) is 4.70. The summed E-state index contributed by atoms with van der Waals surface area (Å²) in [5.41, 5.74) is 0.639. The van der Waals surface area contributed by atoms with Crippen molar-refractivity contribution in [2.24, 2.45) is 10.3 Å². The second-order valence-electron chi connectivity index (χ2n) is 8.09. The Morgan fingerprint density at radius 2 is 1.74 bits per heavy atom. The quantitative estimate of drug-likeness (QED) is 0.856. The maximum Gasteiger partial charge on any atom is 0.286 e. The number of nitrogens with one attached hydrogen (secondary N) is 1. The number of hydrogen-bond acceptors (Lipinski definition) is 5. The van der Waals surface area contributed by atoms with E-state index in [0.717, 1.165) is 13.1 Å². The van der Waals surface area contributed by atoms with Gasteiger partial charge in [0.15, 0.2) is 0 Å². The van der Waals surface area contributed by atoms with Crippen LogP contribution in [0.4, 0.5) is 5.69 Å². The molecule has 0 spiro atoms. The van der Waals surface area contributed by atoms with E-state index >= 15 is 0 Å². The third-order valence-corrected chi connectivity index (χ3v) is 7.24. The fourth-order valence-corrected chi connectivity index (χ4v) is 5.71. The summed E-state index contributed by atoms with van der Waals surface area (Å²) in [4.78, 5) is 5.27. The second-order valence-corrected chi connectivity index (χ2v) is 9.66. The number of anilines is 1. The first kappa shape index (κ1) is 18.9. The number of fused-ring (bicyclic) bond motifs is 1. The largest absolute Gasteiger partial charge is 0.341 e. The Kier molecular flexibility index (Phi) is 5.80. The fourth-order valence-electron chi connectivity index (χ4n) is 4.58. The lowest BCUT2D eigenvalue weighted by Gasteiger charge is -2.36. The first-order valence-corrected chi connectivity index (χ1v) is 11.7. The molecule has 6 nitrogen and oxygen atoms in total. The van der Waals surface area contributed by atoms with Gasteiger partial charge in [-0.25, -0.2) is 0 Å². The van der Waals surface area contributed by atoms with Gasteiger partial charge < -0.3 is 10.2 Å². The van der Waals surface area contributed by atoms with Gasteiger partial charge in [0.1, 0.15) is 10.7 Å². The van der Waals surface area contributed by atoms with Crippen LogP contribution in [-0.2, 0) is 10.0 Å². The van der Waals surface area contributed by atoms with Crippen LogP contribution in [0, 0.1) is 5.92 Å². The van der Waals surface area contributed by atoms with Gasteiger partial charge in [-0.3, -0.25) is 4.90 Å². The van der Waals surface area contributed by atoms with Crippen LogP contribution in [0.5, 0.6) is 0 Å². The van der Waals surface area contributed by atoms with E-state index in [9.17, 15) is 8.42 Å². The maximum atomic E-state index is 12.4. The minimum absolute atomic E-state index is 0.270. The summed E-state index contributed by atoms with van der Waals surface area (Å²) in [5, 5.41) is 3.22. The summed E-state index contributed by atoms with van der Waals surface area (Å²) in [6.45, 7) is 6.26. The highest BCUT2D eigenvalue weighted by molar-refractivity contribution is 7.90. The minimum Gasteiger partial charge on any atom is -0.341 e. The van der Waals surface area contributed by atoms with Crippen LogP contribution in [0.2, 0.25) is 0 Å². The number of likely N-dealkylation sites (tertiary alicyclic amines) is 2. The molecule has 4 rings (SSSR count). The molecule has 1 aromatic rings. The highest BCUT2D eigenvalue weighted by Gasteiger charge is 2.27. The van der Waals surface area contributed by atoms with Gasteiger partial charge >= 0.3 is 0 Å². The normalized spacial score (nSPS) is 26.5. The van der Waals surface area contributed by atoms with Crippen molar-refractivity contribution < 1.29 is 8.42 Å². The number of para-hydroxylation sites is 1. The van der Waals surface area contributed by atoms with Crippen molar-refractivity contribution >= 4 is 21.5 Å². The Hall–Kier alpha value is -1.44. The lowest BCUT2D eigenvalue weighted by molar-refractivity contribution is 0.146. The van der Waals surface area contributed by atoms with Gasteiger partial charge in [-0.05, 0) is 63.4 Å². The van der Waals surface area contributed by atoms with Gasteiger partial charge in [-0.15, -0.1) is 4.40 Å². The first-order valence-electron chi connectivity index (χ1n) is 10.2. The Balaban J connectivity index is 1.37. The SMILES string of the molecule is O=S1(=O)N=C(CN2CCC[C@H](CN3CCCCCC3)C2)Nc2ccccc21. The Morgan fingerprint density at radius 1 is 1.00 bits per heavy atom. The number of amidine groups is 1. The van der Waals surface area contributed by atoms with Gasteiger partial charge in [0.25, 0.3) is 10.0 Å². The van der Waals surface area contributed by atoms with Gasteiger partial charge in [0.05, 0.1) is 12.2 Å². The zero-order chi connectivity index (χ0) is 18.7. The van der Waals surface area contributed by atoms with E-state index in [2.05, 4.69) is 19.5 Å². The highest BCUT2D eigenvalue weighted by Crippen LogP contribution is 2.27. The molecule has 27 heavy (non-hydrogen) atoms. The van der Waals surface area contributed by atoms with Crippen molar-refractivity contribution in [2.75, 3.05) is 44.6 Å². The van der Waals surface area contributed by atoms with E-state index < -0.39 is 10.0 Å². The zero-order valence-electron chi connectivity index (χ0n) is 15.9. The summed E-state index contributed by atoms with van der Waals surface area (Å²) in [6.07, 6.45) is 7.84. The van der Waals surface area contributed by atoms with Gasteiger partial charge in [-0.2, -0.15) is 8.42 Å². The molecule has 0 bridgehead atoms. The Morgan fingerprint density at radius 3 is 2.56 bits per heavy atom. The van der Waals surface area contributed by atoms with Crippen LogP contribution < -0.4 is 5.32 Å². The molecule has 1 N–H and O–H groups in total. The van der Waals surface area contributed by atoms with E-state index in [4.69, 9.17) is 0 Å². The molecule has 0 aliphatic carbocycles. The number of sulfonamides is 1. The molecule has 3 heterocycles. The molecule has 0 radical (unpaired) electrons.